The van der Waals surface area contributed by atoms with Gasteiger partial charge >= 0.3 is 0 Å². The minimum atomic E-state index is 0.555. The Hall–Kier alpha value is -2.93. The summed E-state index contributed by atoms with van der Waals surface area (Å²) in [5.74, 6) is 2.67. The van der Waals surface area contributed by atoms with Gasteiger partial charge in [-0.2, -0.15) is 9.50 Å². The summed E-state index contributed by atoms with van der Waals surface area (Å²) < 4.78 is 13.0. The minimum Gasteiger partial charge on any atom is -0.486 e. The van der Waals surface area contributed by atoms with Crippen LogP contribution in [-0.2, 0) is 0 Å². The van der Waals surface area contributed by atoms with Crippen LogP contribution in [0.25, 0.3) is 27.7 Å². The molecule has 3 aromatic heterocycles. The van der Waals surface area contributed by atoms with E-state index in [9.17, 15) is 0 Å². The molecular weight excluding hydrogens is 324 g/mol. The molecule has 4 aromatic rings. The van der Waals surface area contributed by atoms with Crippen molar-refractivity contribution >= 4 is 17.1 Å². The Morgan fingerprint density at radius 2 is 1.96 bits per heavy atom. The average molecular weight is 336 g/mol. The summed E-state index contributed by atoms with van der Waals surface area (Å²) in [7, 11) is 0. The highest BCUT2D eigenvalue weighted by atomic mass is 32.1. The number of ether oxygens (including phenoxy) is 2. The topological polar surface area (TPSA) is 61.5 Å². The van der Waals surface area contributed by atoms with Crippen molar-refractivity contribution < 1.29 is 9.47 Å². The third-order valence-electron chi connectivity index (χ3n) is 3.81. The van der Waals surface area contributed by atoms with Crippen molar-refractivity contribution in [3.05, 3.63) is 48.0 Å². The molecule has 5 rings (SSSR count). The molecule has 0 fully saturated rings. The summed E-state index contributed by atoms with van der Waals surface area (Å²) in [6, 6.07) is 11.8. The minimum absolute atomic E-state index is 0.555. The van der Waals surface area contributed by atoms with Gasteiger partial charge < -0.3 is 9.47 Å². The van der Waals surface area contributed by atoms with Crippen molar-refractivity contribution in [1.29, 1.82) is 0 Å². The van der Waals surface area contributed by atoms with Gasteiger partial charge in [-0.15, -0.1) is 16.4 Å². The molecule has 0 bridgehead atoms. The molecule has 118 valence electrons. The number of benzene rings is 1. The first kappa shape index (κ1) is 13.5. The van der Waals surface area contributed by atoms with Gasteiger partial charge in [0.15, 0.2) is 17.3 Å². The fourth-order valence-corrected chi connectivity index (χ4v) is 3.45. The second kappa shape index (κ2) is 5.31. The highest BCUT2D eigenvalue weighted by Crippen LogP contribution is 2.34. The molecule has 24 heavy (non-hydrogen) atoms. The number of hydrogen-bond donors (Lipinski definition) is 0. The van der Waals surface area contributed by atoms with Gasteiger partial charge in [0.25, 0.3) is 5.78 Å². The van der Waals surface area contributed by atoms with Crippen molar-refractivity contribution in [1.82, 2.24) is 19.6 Å². The molecule has 1 aliphatic rings. The van der Waals surface area contributed by atoms with Crippen LogP contribution in [0.15, 0.2) is 48.0 Å². The van der Waals surface area contributed by atoms with E-state index in [1.807, 2.05) is 35.7 Å². The fraction of sp³-hybridized carbons (Fsp3) is 0.118. The van der Waals surface area contributed by atoms with Crippen LogP contribution >= 0.6 is 11.3 Å². The highest BCUT2D eigenvalue weighted by Gasteiger charge is 2.16. The lowest BCUT2D eigenvalue weighted by atomic mass is 10.2. The Morgan fingerprint density at radius 1 is 1.04 bits per heavy atom. The SMILES string of the molecule is c1csc(-c2ccnc3nc(-c4ccc5c(c4)OCCO5)nn23)c1. The van der Waals surface area contributed by atoms with Crippen LogP contribution in [0.5, 0.6) is 11.5 Å². The Balaban J connectivity index is 1.65. The highest BCUT2D eigenvalue weighted by molar-refractivity contribution is 7.13. The normalized spacial score (nSPS) is 13.3. The third-order valence-corrected chi connectivity index (χ3v) is 4.71. The molecule has 1 aromatic carbocycles. The van der Waals surface area contributed by atoms with E-state index in [-0.39, 0.29) is 0 Å². The number of thiophene rings is 1. The molecule has 0 N–H and O–H groups in total. The monoisotopic (exact) mass is 336 g/mol. The lowest BCUT2D eigenvalue weighted by Crippen LogP contribution is -2.15. The first-order chi connectivity index (χ1) is 11.9. The second-order valence-electron chi connectivity index (χ2n) is 5.31. The van der Waals surface area contributed by atoms with Crippen LogP contribution in [0.1, 0.15) is 0 Å². The van der Waals surface area contributed by atoms with Crippen LogP contribution in [-0.4, -0.2) is 32.8 Å². The summed E-state index contributed by atoms with van der Waals surface area (Å²) in [4.78, 5) is 10.0. The molecule has 0 amide bonds. The van der Waals surface area contributed by atoms with Gasteiger partial charge in [-0.25, -0.2) is 4.98 Å². The average Bonchev–Trinajstić information content (AvgIpc) is 3.30. The van der Waals surface area contributed by atoms with Gasteiger partial charge in [-0.05, 0) is 35.7 Å². The summed E-state index contributed by atoms with van der Waals surface area (Å²) in [5, 5.41) is 6.68. The Morgan fingerprint density at radius 3 is 2.83 bits per heavy atom. The standard InChI is InChI=1S/C17H12N4O2S/c1-2-15(24-9-1)12-5-6-18-17-19-16(20-21(12)17)11-3-4-13-14(10-11)23-8-7-22-13/h1-6,9-10H,7-8H2. The van der Waals surface area contributed by atoms with Crippen LogP contribution in [0.2, 0.25) is 0 Å². The van der Waals surface area contributed by atoms with E-state index in [4.69, 9.17) is 9.47 Å². The number of hydrogen-bond acceptors (Lipinski definition) is 6. The van der Waals surface area contributed by atoms with Gasteiger partial charge in [0.2, 0.25) is 0 Å². The Kier molecular flexibility index (Phi) is 2.99. The van der Waals surface area contributed by atoms with Crippen molar-refractivity contribution in [2.24, 2.45) is 0 Å². The van der Waals surface area contributed by atoms with Gasteiger partial charge in [0.05, 0.1) is 10.6 Å². The van der Waals surface area contributed by atoms with E-state index in [1.165, 1.54) is 0 Å². The lowest BCUT2D eigenvalue weighted by molar-refractivity contribution is 0.171. The molecule has 4 heterocycles. The predicted molar refractivity (Wildman–Crippen MR) is 90.5 cm³/mol. The second-order valence-corrected chi connectivity index (χ2v) is 6.26. The molecule has 0 atom stereocenters. The molecule has 0 unspecified atom stereocenters. The largest absolute Gasteiger partial charge is 0.486 e. The molecule has 0 saturated carbocycles. The van der Waals surface area contributed by atoms with Crippen LogP contribution in [0.3, 0.4) is 0 Å². The van der Waals surface area contributed by atoms with E-state index >= 15 is 0 Å². The maximum Gasteiger partial charge on any atom is 0.253 e. The molecule has 0 radical (unpaired) electrons. The van der Waals surface area contributed by atoms with Crippen molar-refractivity contribution in [3.63, 3.8) is 0 Å². The fourth-order valence-electron chi connectivity index (χ4n) is 2.71. The van der Waals surface area contributed by atoms with Crippen LogP contribution < -0.4 is 9.47 Å². The predicted octanol–water partition coefficient (Wildman–Crippen LogP) is 3.29. The van der Waals surface area contributed by atoms with E-state index in [0.717, 1.165) is 27.6 Å². The zero-order chi connectivity index (χ0) is 15.9. The first-order valence-electron chi connectivity index (χ1n) is 7.54. The molecule has 0 spiro atoms. The van der Waals surface area contributed by atoms with Gasteiger partial charge in [-0.3, -0.25) is 0 Å². The summed E-state index contributed by atoms with van der Waals surface area (Å²) >= 11 is 1.66. The van der Waals surface area contributed by atoms with Crippen LogP contribution in [0, 0.1) is 0 Å². The number of fused-ring (bicyclic) bond motifs is 2. The van der Waals surface area contributed by atoms with E-state index < -0.39 is 0 Å². The molecule has 0 aliphatic carbocycles. The van der Waals surface area contributed by atoms with Gasteiger partial charge in [-0.1, -0.05) is 6.07 Å². The third kappa shape index (κ3) is 2.13. The zero-order valence-corrected chi connectivity index (χ0v) is 13.4. The summed E-state index contributed by atoms with van der Waals surface area (Å²) in [6.07, 6.45) is 1.76. The van der Waals surface area contributed by atoms with E-state index in [2.05, 4.69) is 21.1 Å². The van der Waals surface area contributed by atoms with Crippen LogP contribution in [0.4, 0.5) is 0 Å². The van der Waals surface area contributed by atoms with Crippen molar-refractivity contribution in [3.8, 4) is 33.5 Å². The molecule has 6 nitrogen and oxygen atoms in total. The maximum absolute atomic E-state index is 5.64. The van der Waals surface area contributed by atoms with Crippen molar-refractivity contribution in [2.75, 3.05) is 13.2 Å². The summed E-state index contributed by atoms with van der Waals surface area (Å²) in [6.45, 7) is 1.13. The van der Waals surface area contributed by atoms with E-state index in [1.54, 1.807) is 22.0 Å². The smallest absolute Gasteiger partial charge is 0.253 e. The van der Waals surface area contributed by atoms with Gasteiger partial charge in [0.1, 0.15) is 13.2 Å². The molecule has 1 aliphatic heterocycles. The first-order valence-corrected chi connectivity index (χ1v) is 8.42. The number of rotatable bonds is 2. The Bertz CT molecular complexity index is 1030. The number of aromatic nitrogens is 4. The zero-order valence-electron chi connectivity index (χ0n) is 12.5. The maximum atomic E-state index is 5.64. The molecule has 0 saturated heterocycles. The summed E-state index contributed by atoms with van der Waals surface area (Å²) in [5.41, 5.74) is 1.85. The number of nitrogens with zero attached hydrogens (tertiary/aromatic N) is 4. The van der Waals surface area contributed by atoms with E-state index in [0.29, 0.717) is 24.8 Å². The quantitative estimate of drug-likeness (QED) is 0.562. The lowest BCUT2D eigenvalue weighted by Gasteiger charge is -2.18. The van der Waals surface area contributed by atoms with Crippen molar-refractivity contribution in [2.45, 2.75) is 0 Å². The van der Waals surface area contributed by atoms with Gasteiger partial charge in [0, 0.05) is 11.8 Å². The Labute approximate surface area is 141 Å². The molecular formula is C17H12N4O2S. The molecule has 7 heteroatoms.